The minimum absolute atomic E-state index is 0.0954. The van der Waals surface area contributed by atoms with Gasteiger partial charge in [0.25, 0.3) is 0 Å². The van der Waals surface area contributed by atoms with Gasteiger partial charge in [-0.3, -0.25) is 14.7 Å². The van der Waals surface area contributed by atoms with E-state index in [9.17, 15) is 9.59 Å². The number of hydrogen-bond donors (Lipinski definition) is 1. The molecule has 0 spiro atoms. The fourth-order valence-corrected chi connectivity index (χ4v) is 3.87. The number of aromatic nitrogens is 2. The lowest BCUT2D eigenvalue weighted by Crippen LogP contribution is -2.45. The van der Waals surface area contributed by atoms with Crippen molar-refractivity contribution in [2.24, 2.45) is 0 Å². The lowest BCUT2D eigenvalue weighted by Gasteiger charge is -2.29. The van der Waals surface area contributed by atoms with Crippen LogP contribution in [0.5, 0.6) is 5.88 Å². The van der Waals surface area contributed by atoms with Gasteiger partial charge in [0.2, 0.25) is 11.8 Å². The predicted molar refractivity (Wildman–Crippen MR) is 108 cm³/mol. The summed E-state index contributed by atoms with van der Waals surface area (Å²) in [7, 11) is 0. The standard InChI is InChI=1S/C21H25N5O3/c27-19(15-25-12-13-26(21(25)28)17-4-2-1-3-5-17)24-16-6-8-18(9-7-16)29-20-14-22-10-11-23-20/h1-5,10-11,14,16,18H,6-9,12-13,15H2,(H,24,27). The van der Waals surface area contributed by atoms with Gasteiger partial charge in [-0.25, -0.2) is 9.78 Å². The number of carbonyl (C=O) groups is 2. The molecule has 1 aromatic carbocycles. The van der Waals surface area contributed by atoms with Gasteiger partial charge < -0.3 is 15.0 Å². The van der Waals surface area contributed by atoms with E-state index in [1.165, 1.54) is 0 Å². The van der Waals surface area contributed by atoms with Crippen LogP contribution in [0.2, 0.25) is 0 Å². The molecular weight excluding hydrogens is 370 g/mol. The number of benzene rings is 1. The van der Waals surface area contributed by atoms with Gasteiger partial charge in [0.1, 0.15) is 12.6 Å². The third-order valence-electron chi connectivity index (χ3n) is 5.36. The second-order valence-corrected chi connectivity index (χ2v) is 7.39. The first-order chi connectivity index (χ1) is 14.2. The molecule has 1 aliphatic carbocycles. The Morgan fingerprint density at radius 3 is 2.62 bits per heavy atom. The predicted octanol–water partition coefficient (Wildman–Crippen LogP) is 2.23. The average molecular weight is 395 g/mol. The van der Waals surface area contributed by atoms with E-state index < -0.39 is 0 Å². The van der Waals surface area contributed by atoms with Gasteiger partial charge in [-0.05, 0) is 37.8 Å². The number of amides is 3. The lowest BCUT2D eigenvalue weighted by atomic mass is 9.93. The largest absolute Gasteiger partial charge is 0.473 e. The van der Waals surface area contributed by atoms with E-state index in [1.54, 1.807) is 28.4 Å². The van der Waals surface area contributed by atoms with Crippen LogP contribution in [-0.2, 0) is 4.79 Å². The Bertz CT molecular complexity index is 825. The highest BCUT2D eigenvalue weighted by Crippen LogP contribution is 2.23. The Balaban J connectivity index is 1.21. The molecule has 1 saturated carbocycles. The molecule has 1 aliphatic heterocycles. The van der Waals surface area contributed by atoms with Crippen molar-refractivity contribution in [2.45, 2.75) is 37.8 Å². The van der Waals surface area contributed by atoms with Gasteiger partial charge in [-0.1, -0.05) is 18.2 Å². The van der Waals surface area contributed by atoms with E-state index in [0.717, 1.165) is 31.4 Å². The molecule has 8 nitrogen and oxygen atoms in total. The maximum absolute atomic E-state index is 12.6. The summed E-state index contributed by atoms with van der Waals surface area (Å²) in [5.41, 5.74) is 0.863. The number of carbonyl (C=O) groups excluding carboxylic acids is 2. The molecule has 0 radical (unpaired) electrons. The quantitative estimate of drug-likeness (QED) is 0.810. The lowest BCUT2D eigenvalue weighted by molar-refractivity contribution is -0.122. The maximum Gasteiger partial charge on any atom is 0.325 e. The molecule has 1 aromatic heterocycles. The summed E-state index contributed by atoms with van der Waals surface area (Å²) >= 11 is 0. The van der Waals surface area contributed by atoms with Crippen LogP contribution in [0.15, 0.2) is 48.9 Å². The summed E-state index contributed by atoms with van der Waals surface area (Å²) in [5.74, 6) is 0.432. The monoisotopic (exact) mass is 395 g/mol. The minimum Gasteiger partial charge on any atom is -0.473 e. The van der Waals surface area contributed by atoms with Crippen LogP contribution in [0, 0.1) is 0 Å². The highest BCUT2D eigenvalue weighted by atomic mass is 16.5. The number of urea groups is 1. The van der Waals surface area contributed by atoms with E-state index in [4.69, 9.17) is 4.74 Å². The van der Waals surface area contributed by atoms with Crippen molar-refractivity contribution in [2.75, 3.05) is 24.5 Å². The molecule has 1 N–H and O–H groups in total. The van der Waals surface area contributed by atoms with E-state index in [2.05, 4.69) is 15.3 Å². The minimum atomic E-state index is -0.118. The van der Waals surface area contributed by atoms with Crippen LogP contribution in [0.25, 0.3) is 0 Å². The van der Waals surface area contributed by atoms with Crippen LogP contribution < -0.4 is 15.0 Å². The van der Waals surface area contributed by atoms with E-state index >= 15 is 0 Å². The summed E-state index contributed by atoms with van der Waals surface area (Å²) in [6, 6.07) is 9.54. The number of ether oxygens (including phenoxy) is 1. The smallest absolute Gasteiger partial charge is 0.325 e. The van der Waals surface area contributed by atoms with Crippen molar-refractivity contribution in [3.05, 3.63) is 48.9 Å². The van der Waals surface area contributed by atoms with Crippen LogP contribution in [-0.4, -0.2) is 58.6 Å². The fraction of sp³-hybridized carbons (Fsp3) is 0.429. The molecular formula is C21H25N5O3. The summed E-state index contributed by atoms with van der Waals surface area (Å²) in [5, 5.41) is 3.07. The van der Waals surface area contributed by atoms with E-state index in [0.29, 0.717) is 19.0 Å². The molecule has 4 rings (SSSR count). The summed E-state index contributed by atoms with van der Waals surface area (Å²) in [6.07, 6.45) is 8.34. The zero-order valence-electron chi connectivity index (χ0n) is 16.2. The number of hydrogen-bond acceptors (Lipinski definition) is 5. The number of nitrogens with one attached hydrogen (secondary N) is 1. The van der Waals surface area contributed by atoms with Gasteiger partial charge >= 0.3 is 6.03 Å². The molecule has 2 aliphatic rings. The summed E-state index contributed by atoms with van der Waals surface area (Å²) in [4.78, 5) is 36.5. The SMILES string of the molecule is O=C(CN1CCN(c2ccccc2)C1=O)NC1CCC(Oc2cnccn2)CC1. The summed E-state index contributed by atoms with van der Waals surface area (Å²) < 4.78 is 5.84. The van der Waals surface area contributed by atoms with Crippen LogP contribution >= 0.6 is 0 Å². The molecule has 2 heterocycles. The van der Waals surface area contributed by atoms with Crippen molar-refractivity contribution in [1.82, 2.24) is 20.2 Å². The number of nitrogens with zero attached hydrogens (tertiary/aromatic N) is 4. The van der Waals surface area contributed by atoms with Gasteiger partial charge in [0, 0.05) is 37.2 Å². The molecule has 152 valence electrons. The highest BCUT2D eigenvalue weighted by molar-refractivity contribution is 5.96. The maximum atomic E-state index is 12.6. The molecule has 0 unspecified atom stereocenters. The summed E-state index contributed by atoms with van der Waals surface area (Å²) in [6.45, 7) is 1.25. The molecule has 0 bridgehead atoms. The molecule has 29 heavy (non-hydrogen) atoms. The molecule has 0 atom stereocenters. The third-order valence-corrected chi connectivity index (χ3v) is 5.36. The first-order valence-electron chi connectivity index (χ1n) is 10.0. The highest BCUT2D eigenvalue weighted by Gasteiger charge is 2.31. The zero-order chi connectivity index (χ0) is 20.1. The molecule has 2 aromatic rings. The molecule has 1 saturated heterocycles. The van der Waals surface area contributed by atoms with Gasteiger partial charge in [0.05, 0.1) is 6.20 Å². The average Bonchev–Trinajstić information content (AvgIpc) is 3.11. The Hall–Kier alpha value is -3.16. The normalized spacial score (nSPS) is 21.9. The van der Waals surface area contributed by atoms with E-state index in [-0.39, 0.29) is 30.6 Å². The van der Waals surface area contributed by atoms with Gasteiger partial charge in [0.15, 0.2) is 0 Å². The number of para-hydroxylation sites is 1. The Morgan fingerprint density at radius 2 is 1.90 bits per heavy atom. The second-order valence-electron chi connectivity index (χ2n) is 7.39. The van der Waals surface area contributed by atoms with Crippen molar-refractivity contribution in [3.8, 4) is 5.88 Å². The number of rotatable bonds is 6. The topological polar surface area (TPSA) is 87.7 Å². The molecule has 2 fully saturated rings. The van der Waals surface area contributed by atoms with Gasteiger partial charge in [-0.15, -0.1) is 0 Å². The van der Waals surface area contributed by atoms with Crippen molar-refractivity contribution in [3.63, 3.8) is 0 Å². The Morgan fingerprint density at radius 1 is 1.10 bits per heavy atom. The first kappa shape index (κ1) is 19.2. The van der Waals surface area contributed by atoms with Crippen molar-refractivity contribution in [1.29, 1.82) is 0 Å². The Labute approximate surface area is 169 Å². The van der Waals surface area contributed by atoms with Gasteiger partial charge in [-0.2, -0.15) is 0 Å². The van der Waals surface area contributed by atoms with Crippen LogP contribution in [0.3, 0.4) is 0 Å². The third kappa shape index (κ3) is 4.82. The Kier molecular flexibility index (Phi) is 5.88. The molecule has 3 amide bonds. The van der Waals surface area contributed by atoms with E-state index in [1.807, 2.05) is 30.3 Å². The zero-order valence-corrected chi connectivity index (χ0v) is 16.2. The van der Waals surface area contributed by atoms with Crippen LogP contribution in [0.1, 0.15) is 25.7 Å². The van der Waals surface area contributed by atoms with Crippen LogP contribution in [0.4, 0.5) is 10.5 Å². The van der Waals surface area contributed by atoms with Crippen molar-refractivity contribution < 1.29 is 14.3 Å². The molecule has 8 heteroatoms. The fourth-order valence-electron chi connectivity index (χ4n) is 3.87. The van der Waals surface area contributed by atoms with Crippen molar-refractivity contribution >= 4 is 17.6 Å². The number of anilines is 1. The second kappa shape index (κ2) is 8.89. The first-order valence-corrected chi connectivity index (χ1v) is 10.0.